The number of Topliss-reactive ketones (excluding diaryl/α,β-unsaturated/α-hetero) is 1. The molecule has 25 heavy (non-hydrogen) atoms. The van der Waals surface area contributed by atoms with E-state index >= 15 is 0 Å². The lowest BCUT2D eigenvalue weighted by Gasteiger charge is -2.10. The Morgan fingerprint density at radius 3 is 1.96 bits per heavy atom. The predicted octanol–water partition coefficient (Wildman–Crippen LogP) is 3.88. The first-order chi connectivity index (χ1) is 11.5. The molecule has 2 aromatic rings. The fraction of sp³-hybridized carbons (Fsp3) is 0.118. The molecular weight excluding hydrogens is 357 g/mol. The van der Waals surface area contributed by atoms with Crippen LogP contribution in [0.1, 0.15) is 15.9 Å². The zero-order valence-electron chi connectivity index (χ0n) is 13.0. The molecule has 0 saturated carbocycles. The molecule has 0 aromatic heterocycles. The monoisotopic (exact) mass is 370 g/mol. The van der Waals surface area contributed by atoms with Gasteiger partial charge >= 0.3 is 6.18 Å². The highest BCUT2D eigenvalue weighted by Gasteiger charge is 2.30. The van der Waals surface area contributed by atoms with Crippen LogP contribution in [0.25, 0.3) is 0 Å². The topological polar surface area (TPSA) is 60.4 Å². The SMILES string of the molecule is C=C(Oc1ccc(C(F)(F)F)cc1)C(=O)c1ccc(S(C)(=O)=O)cc1. The van der Waals surface area contributed by atoms with Gasteiger partial charge in [0, 0.05) is 11.8 Å². The van der Waals surface area contributed by atoms with Crippen LogP contribution in [-0.4, -0.2) is 20.5 Å². The van der Waals surface area contributed by atoms with Gasteiger partial charge in [-0.05, 0) is 48.5 Å². The van der Waals surface area contributed by atoms with Gasteiger partial charge in [0.05, 0.1) is 10.5 Å². The highest BCUT2D eigenvalue weighted by atomic mass is 32.2. The highest BCUT2D eigenvalue weighted by molar-refractivity contribution is 7.90. The minimum atomic E-state index is -4.47. The standard InChI is InChI=1S/C17H13F3O4S/c1-11(24-14-7-5-13(6-8-14)17(18,19)20)16(21)12-3-9-15(10-4-12)25(2,22)23/h3-10H,1H2,2H3. The Morgan fingerprint density at radius 2 is 1.52 bits per heavy atom. The molecule has 0 spiro atoms. The zero-order valence-corrected chi connectivity index (χ0v) is 13.8. The van der Waals surface area contributed by atoms with E-state index in [1.807, 2.05) is 0 Å². The summed E-state index contributed by atoms with van der Waals surface area (Å²) in [6.07, 6.45) is -3.43. The van der Waals surface area contributed by atoms with Crippen molar-refractivity contribution in [1.82, 2.24) is 0 Å². The number of halogens is 3. The highest BCUT2D eigenvalue weighted by Crippen LogP contribution is 2.30. The predicted molar refractivity (Wildman–Crippen MR) is 85.1 cm³/mol. The second-order valence-electron chi connectivity index (χ2n) is 5.17. The van der Waals surface area contributed by atoms with Crippen LogP contribution < -0.4 is 4.74 Å². The molecule has 8 heteroatoms. The van der Waals surface area contributed by atoms with Gasteiger partial charge in [0.1, 0.15) is 5.75 Å². The molecule has 0 amide bonds. The van der Waals surface area contributed by atoms with Crippen molar-refractivity contribution in [3.8, 4) is 5.75 Å². The number of hydrogen-bond donors (Lipinski definition) is 0. The third-order valence-corrected chi connectivity index (χ3v) is 4.35. The minimum Gasteiger partial charge on any atom is -0.454 e. The van der Waals surface area contributed by atoms with E-state index in [9.17, 15) is 26.4 Å². The van der Waals surface area contributed by atoms with Crippen LogP contribution in [0.3, 0.4) is 0 Å². The van der Waals surface area contributed by atoms with Crippen molar-refractivity contribution in [2.45, 2.75) is 11.1 Å². The summed E-state index contributed by atoms with van der Waals surface area (Å²) in [5.74, 6) is -0.883. The van der Waals surface area contributed by atoms with E-state index in [1.165, 1.54) is 24.3 Å². The van der Waals surface area contributed by atoms with Crippen molar-refractivity contribution in [3.63, 3.8) is 0 Å². The third kappa shape index (κ3) is 4.69. The van der Waals surface area contributed by atoms with Gasteiger partial charge < -0.3 is 4.74 Å². The minimum absolute atomic E-state index is 0.0270. The van der Waals surface area contributed by atoms with Gasteiger partial charge in [0.15, 0.2) is 15.6 Å². The number of rotatable bonds is 5. The summed E-state index contributed by atoms with van der Waals surface area (Å²) in [4.78, 5) is 12.2. The summed E-state index contributed by atoms with van der Waals surface area (Å²) in [6.45, 7) is 3.46. The second-order valence-corrected chi connectivity index (χ2v) is 7.19. The molecule has 0 aliphatic heterocycles. The van der Waals surface area contributed by atoms with E-state index < -0.39 is 27.4 Å². The second kappa shape index (κ2) is 6.72. The van der Waals surface area contributed by atoms with Crippen molar-refractivity contribution in [2.24, 2.45) is 0 Å². The Bertz CT molecular complexity index is 896. The van der Waals surface area contributed by atoms with E-state index in [-0.39, 0.29) is 22.0 Å². The van der Waals surface area contributed by atoms with Crippen LogP contribution in [0.2, 0.25) is 0 Å². The van der Waals surface area contributed by atoms with Crippen LogP contribution in [0.15, 0.2) is 65.8 Å². The van der Waals surface area contributed by atoms with Crippen molar-refractivity contribution >= 4 is 15.6 Å². The smallest absolute Gasteiger partial charge is 0.416 e. The first-order valence-corrected chi connectivity index (χ1v) is 8.76. The molecule has 0 fully saturated rings. The van der Waals surface area contributed by atoms with Crippen molar-refractivity contribution in [2.75, 3.05) is 6.26 Å². The Hall–Kier alpha value is -2.61. The van der Waals surface area contributed by atoms with Gasteiger partial charge in [-0.3, -0.25) is 4.79 Å². The normalized spacial score (nSPS) is 11.8. The fourth-order valence-electron chi connectivity index (χ4n) is 1.92. The van der Waals surface area contributed by atoms with Crippen molar-refractivity contribution < 1.29 is 31.1 Å². The molecule has 4 nitrogen and oxygen atoms in total. The fourth-order valence-corrected chi connectivity index (χ4v) is 2.55. The number of alkyl halides is 3. The maximum Gasteiger partial charge on any atom is 0.416 e. The van der Waals surface area contributed by atoms with Gasteiger partial charge in [-0.2, -0.15) is 13.2 Å². The first kappa shape index (κ1) is 18.7. The number of carbonyl (C=O) groups is 1. The van der Waals surface area contributed by atoms with Crippen molar-refractivity contribution in [1.29, 1.82) is 0 Å². The van der Waals surface area contributed by atoms with Crippen LogP contribution >= 0.6 is 0 Å². The van der Waals surface area contributed by atoms with E-state index in [1.54, 1.807) is 0 Å². The van der Waals surface area contributed by atoms with Gasteiger partial charge in [-0.15, -0.1) is 0 Å². The molecule has 2 rings (SSSR count). The maximum absolute atomic E-state index is 12.5. The molecular formula is C17H13F3O4S. The average molecular weight is 370 g/mol. The van der Waals surface area contributed by atoms with Gasteiger partial charge in [0.25, 0.3) is 0 Å². The lowest BCUT2D eigenvalue weighted by Crippen LogP contribution is -2.09. The average Bonchev–Trinajstić information content (AvgIpc) is 2.53. The van der Waals surface area contributed by atoms with E-state index in [4.69, 9.17) is 4.74 Å². The number of allylic oxidation sites excluding steroid dienone is 1. The molecule has 0 heterocycles. The van der Waals surface area contributed by atoms with Crippen LogP contribution in [-0.2, 0) is 16.0 Å². The number of ether oxygens (including phenoxy) is 1. The summed E-state index contributed by atoms with van der Waals surface area (Å²) in [6, 6.07) is 8.96. The lowest BCUT2D eigenvalue weighted by atomic mass is 10.1. The van der Waals surface area contributed by atoms with Crippen LogP contribution in [0.5, 0.6) is 5.75 Å². The molecule has 0 aliphatic carbocycles. The van der Waals surface area contributed by atoms with Gasteiger partial charge in [-0.25, -0.2) is 8.42 Å². The quantitative estimate of drug-likeness (QED) is 0.455. The number of sulfone groups is 1. The number of ketones is 1. The summed E-state index contributed by atoms with van der Waals surface area (Å²) in [7, 11) is -3.39. The Labute approximate surface area is 142 Å². The molecule has 0 saturated heterocycles. The van der Waals surface area contributed by atoms with Crippen LogP contribution in [0.4, 0.5) is 13.2 Å². The summed E-state index contributed by atoms with van der Waals surface area (Å²) in [5, 5.41) is 0. The Balaban J connectivity index is 2.11. The molecule has 132 valence electrons. The van der Waals surface area contributed by atoms with Crippen molar-refractivity contribution in [3.05, 3.63) is 72.0 Å². The Kier molecular flexibility index (Phi) is 5.03. The van der Waals surface area contributed by atoms with Gasteiger partial charge in [0.2, 0.25) is 5.78 Å². The largest absolute Gasteiger partial charge is 0.454 e. The molecule has 0 aliphatic rings. The molecule has 0 radical (unpaired) electrons. The van der Waals surface area contributed by atoms with E-state index in [0.29, 0.717) is 0 Å². The molecule has 0 bridgehead atoms. The maximum atomic E-state index is 12.5. The van der Waals surface area contributed by atoms with E-state index in [2.05, 4.69) is 6.58 Å². The molecule has 0 N–H and O–H groups in total. The number of carbonyl (C=O) groups excluding carboxylic acids is 1. The Morgan fingerprint density at radius 1 is 1.00 bits per heavy atom. The summed E-state index contributed by atoms with van der Waals surface area (Å²) >= 11 is 0. The van der Waals surface area contributed by atoms with Gasteiger partial charge in [-0.1, -0.05) is 6.58 Å². The number of benzene rings is 2. The third-order valence-electron chi connectivity index (χ3n) is 3.22. The summed E-state index contributed by atoms with van der Waals surface area (Å²) in [5.41, 5.74) is -0.697. The van der Waals surface area contributed by atoms with Crippen LogP contribution in [0, 0.1) is 0 Å². The molecule has 2 aromatic carbocycles. The van der Waals surface area contributed by atoms with E-state index in [0.717, 1.165) is 30.5 Å². The molecule has 0 atom stereocenters. The molecule has 0 unspecified atom stereocenters. The first-order valence-electron chi connectivity index (χ1n) is 6.87. The number of hydrogen-bond acceptors (Lipinski definition) is 4. The zero-order chi connectivity index (χ0) is 18.8. The lowest BCUT2D eigenvalue weighted by molar-refractivity contribution is -0.137. The summed E-state index contributed by atoms with van der Waals surface area (Å²) < 4.78 is 65.4.